The van der Waals surface area contributed by atoms with Gasteiger partial charge in [-0.3, -0.25) is 9.59 Å². The predicted molar refractivity (Wildman–Crippen MR) is 95.7 cm³/mol. The van der Waals surface area contributed by atoms with Crippen LogP contribution in [0.2, 0.25) is 0 Å². The van der Waals surface area contributed by atoms with Gasteiger partial charge in [-0.2, -0.15) is 0 Å². The molecule has 0 aromatic carbocycles. The Kier molecular flexibility index (Phi) is 21.3. The monoisotopic (exact) mass is 337 g/mol. The van der Waals surface area contributed by atoms with Crippen LogP contribution in [0.4, 0.5) is 0 Å². The summed E-state index contributed by atoms with van der Waals surface area (Å²) < 4.78 is 0. The molecular formula is C14H31N3O2S2. The quantitative estimate of drug-likeness (QED) is 0.375. The zero-order valence-electron chi connectivity index (χ0n) is 13.8. The van der Waals surface area contributed by atoms with Crippen LogP contribution in [0, 0.1) is 0 Å². The molecule has 126 valence electrons. The largest absolute Gasteiger partial charge is 0.355 e. The third-order valence-electron chi connectivity index (χ3n) is 2.18. The Labute approximate surface area is 137 Å². The number of nitrogens with one attached hydrogen (secondary N) is 3. The van der Waals surface area contributed by atoms with E-state index in [0.717, 1.165) is 17.9 Å². The van der Waals surface area contributed by atoms with Crippen LogP contribution in [-0.2, 0) is 9.59 Å². The van der Waals surface area contributed by atoms with Gasteiger partial charge in [0.05, 0.1) is 0 Å². The van der Waals surface area contributed by atoms with E-state index in [1.807, 2.05) is 27.8 Å². The third kappa shape index (κ3) is 19.6. The van der Waals surface area contributed by atoms with Crippen LogP contribution in [0.25, 0.3) is 0 Å². The normalized spacial score (nSPS) is 9.52. The van der Waals surface area contributed by atoms with Crippen LogP contribution in [-0.4, -0.2) is 50.0 Å². The van der Waals surface area contributed by atoms with E-state index in [1.54, 1.807) is 21.6 Å². The molecule has 0 unspecified atom stereocenters. The molecular weight excluding hydrogens is 306 g/mol. The second-order valence-electron chi connectivity index (χ2n) is 3.95. The van der Waals surface area contributed by atoms with E-state index in [-0.39, 0.29) is 11.8 Å². The molecule has 7 heteroatoms. The first-order valence-corrected chi connectivity index (χ1v) is 10.1. The molecule has 0 atom stereocenters. The van der Waals surface area contributed by atoms with Gasteiger partial charge in [-0.1, -0.05) is 42.4 Å². The van der Waals surface area contributed by atoms with Crippen LogP contribution in [0.1, 0.15) is 40.0 Å². The van der Waals surface area contributed by atoms with E-state index < -0.39 is 0 Å². The number of hydrogen-bond acceptors (Lipinski definition) is 5. The summed E-state index contributed by atoms with van der Waals surface area (Å²) in [6.07, 6.45) is 2.02. The summed E-state index contributed by atoms with van der Waals surface area (Å²) in [4.78, 5) is 22.4. The maximum atomic E-state index is 11.3. The number of carbonyl (C=O) groups is 2. The van der Waals surface area contributed by atoms with Gasteiger partial charge in [-0.15, -0.1) is 0 Å². The van der Waals surface area contributed by atoms with Gasteiger partial charge in [-0.05, 0) is 13.5 Å². The predicted octanol–water partition coefficient (Wildman–Crippen LogP) is 2.04. The average Bonchev–Trinajstić information content (AvgIpc) is 2.50. The van der Waals surface area contributed by atoms with E-state index in [0.29, 0.717) is 32.5 Å². The first kappa shape index (κ1) is 22.9. The molecule has 5 nitrogen and oxygen atoms in total. The number of amides is 2. The Hall–Kier alpha value is -0.400. The van der Waals surface area contributed by atoms with E-state index >= 15 is 0 Å². The lowest BCUT2D eigenvalue weighted by atomic mass is 10.3. The van der Waals surface area contributed by atoms with Crippen molar-refractivity contribution >= 4 is 33.4 Å². The summed E-state index contributed by atoms with van der Waals surface area (Å²) in [6, 6.07) is 0. The summed E-state index contributed by atoms with van der Waals surface area (Å²) in [5.74, 6) is 2.00. The Morgan fingerprint density at radius 3 is 1.76 bits per heavy atom. The Morgan fingerprint density at radius 2 is 1.33 bits per heavy atom. The third-order valence-corrected chi connectivity index (χ3v) is 4.59. The first-order valence-electron chi connectivity index (χ1n) is 7.63. The van der Waals surface area contributed by atoms with Gasteiger partial charge in [0.1, 0.15) is 0 Å². The van der Waals surface area contributed by atoms with Crippen LogP contribution in [0.3, 0.4) is 0 Å². The second kappa shape index (κ2) is 19.6. The van der Waals surface area contributed by atoms with Gasteiger partial charge < -0.3 is 16.0 Å². The van der Waals surface area contributed by atoms with Gasteiger partial charge >= 0.3 is 0 Å². The van der Waals surface area contributed by atoms with Crippen LogP contribution in [0.5, 0.6) is 0 Å². The van der Waals surface area contributed by atoms with Gasteiger partial charge in [0.15, 0.2) is 0 Å². The van der Waals surface area contributed by atoms with Crippen molar-refractivity contribution < 1.29 is 9.59 Å². The van der Waals surface area contributed by atoms with Crippen molar-refractivity contribution in [1.82, 2.24) is 16.0 Å². The maximum Gasteiger partial charge on any atom is 0.221 e. The Bertz CT molecular complexity index is 254. The number of rotatable bonds is 12. The van der Waals surface area contributed by atoms with Gasteiger partial charge in [-0.25, -0.2) is 0 Å². The Morgan fingerprint density at radius 1 is 0.857 bits per heavy atom. The summed E-state index contributed by atoms with van der Waals surface area (Å²) in [7, 11) is 5.27. The van der Waals surface area contributed by atoms with Crippen LogP contribution in [0.15, 0.2) is 0 Å². The second-order valence-corrected chi connectivity index (χ2v) is 6.65. The summed E-state index contributed by atoms with van der Waals surface area (Å²) in [5.41, 5.74) is 0. The van der Waals surface area contributed by atoms with E-state index in [2.05, 4.69) is 16.0 Å². The molecule has 0 saturated heterocycles. The molecule has 0 spiro atoms. The summed E-state index contributed by atoms with van der Waals surface area (Å²) in [6.45, 7) is 8.12. The molecule has 3 N–H and O–H groups in total. The first-order chi connectivity index (χ1) is 10.2. The Balaban J connectivity index is 0. The van der Waals surface area contributed by atoms with Crippen molar-refractivity contribution in [3.8, 4) is 0 Å². The number of carbonyl (C=O) groups excluding carboxylic acids is 2. The van der Waals surface area contributed by atoms with Crippen molar-refractivity contribution in [1.29, 1.82) is 0 Å². The lowest BCUT2D eigenvalue weighted by molar-refractivity contribution is -0.121. The highest BCUT2D eigenvalue weighted by Gasteiger charge is 2.00. The molecule has 2 amide bonds. The summed E-state index contributed by atoms with van der Waals surface area (Å²) in [5, 5.41) is 8.66. The minimum absolute atomic E-state index is 0.0896. The van der Waals surface area contributed by atoms with Crippen LogP contribution < -0.4 is 16.0 Å². The van der Waals surface area contributed by atoms with Crippen molar-refractivity contribution in [2.45, 2.75) is 40.0 Å². The van der Waals surface area contributed by atoms with Crippen LogP contribution >= 0.6 is 21.6 Å². The molecule has 0 aliphatic carbocycles. The lowest BCUT2D eigenvalue weighted by Gasteiger charge is -2.05. The van der Waals surface area contributed by atoms with E-state index in [9.17, 15) is 9.59 Å². The van der Waals surface area contributed by atoms with Crippen molar-refractivity contribution in [2.24, 2.45) is 0 Å². The standard InChI is InChI=1S/C12H25N3O2S2.C2H6/c1-3-4-11(16)14-7-9-18-19-10-8-15-12(17)5-6-13-2;1-2/h13H,3-10H2,1-2H3,(H,14,16)(H,15,17);1-2H3. The molecule has 0 heterocycles. The highest BCUT2D eigenvalue weighted by molar-refractivity contribution is 8.76. The zero-order valence-corrected chi connectivity index (χ0v) is 15.4. The van der Waals surface area contributed by atoms with Crippen molar-refractivity contribution in [3.05, 3.63) is 0 Å². The molecule has 0 aliphatic heterocycles. The molecule has 0 radical (unpaired) electrons. The summed E-state index contributed by atoms with van der Waals surface area (Å²) >= 11 is 0. The highest BCUT2D eigenvalue weighted by atomic mass is 33.1. The zero-order chi connectivity index (χ0) is 16.3. The molecule has 0 rings (SSSR count). The fourth-order valence-electron chi connectivity index (χ4n) is 1.22. The minimum atomic E-state index is 0.0896. The molecule has 0 aromatic rings. The van der Waals surface area contributed by atoms with Gasteiger partial charge in [0.2, 0.25) is 11.8 Å². The van der Waals surface area contributed by atoms with Crippen molar-refractivity contribution in [3.63, 3.8) is 0 Å². The molecule has 0 fully saturated rings. The maximum absolute atomic E-state index is 11.3. The molecule has 0 saturated carbocycles. The molecule has 0 bridgehead atoms. The molecule has 0 aromatic heterocycles. The highest BCUT2D eigenvalue weighted by Crippen LogP contribution is 2.19. The topological polar surface area (TPSA) is 70.2 Å². The number of hydrogen-bond donors (Lipinski definition) is 3. The molecule has 21 heavy (non-hydrogen) atoms. The van der Waals surface area contributed by atoms with Gasteiger partial charge in [0.25, 0.3) is 0 Å². The fraction of sp³-hybridized carbons (Fsp3) is 0.857. The smallest absolute Gasteiger partial charge is 0.221 e. The van der Waals surface area contributed by atoms with E-state index in [4.69, 9.17) is 0 Å². The van der Waals surface area contributed by atoms with Crippen molar-refractivity contribution in [2.75, 3.05) is 38.2 Å². The molecule has 0 aliphatic rings. The SMILES string of the molecule is CC.CCCC(=O)NCCSSCCNC(=O)CCNC. The fourth-order valence-corrected chi connectivity index (χ4v) is 3.04. The average molecular weight is 338 g/mol. The minimum Gasteiger partial charge on any atom is -0.355 e. The lowest BCUT2D eigenvalue weighted by Crippen LogP contribution is -2.28. The van der Waals surface area contributed by atoms with Gasteiger partial charge in [0, 0.05) is 44.0 Å². The van der Waals surface area contributed by atoms with E-state index in [1.165, 1.54) is 0 Å².